The van der Waals surface area contributed by atoms with Crippen molar-refractivity contribution in [2.45, 2.75) is 44.9 Å². The highest BCUT2D eigenvalue weighted by Crippen LogP contribution is 2.20. The number of nitrogens with zero attached hydrogens (tertiary/aromatic N) is 3. The molecule has 0 aromatic carbocycles. The van der Waals surface area contributed by atoms with E-state index in [-0.39, 0.29) is 0 Å². The summed E-state index contributed by atoms with van der Waals surface area (Å²) in [5.41, 5.74) is 0. The minimum atomic E-state index is 0.313. The number of hydrogen-bond acceptors (Lipinski definition) is 4. The summed E-state index contributed by atoms with van der Waals surface area (Å²) in [6, 6.07) is 0. The first-order valence-electron chi connectivity index (χ1n) is 10.1. The summed E-state index contributed by atoms with van der Waals surface area (Å²) in [5, 5.41) is 0. The molecule has 0 saturated carbocycles. The third-order valence-corrected chi connectivity index (χ3v) is 5.82. The van der Waals surface area contributed by atoms with Crippen molar-refractivity contribution in [3.63, 3.8) is 0 Å². The molecule has 3 fully saturated rings. The highest BCUT2D eigenvalue weighted by molar-refractivity contribution is 5.76. The number of carbonyl (C=O) groups is 1. The molecule has 0 aromatic heterocycles. The van der Waals surface area contributed by atoms with Crippen molar-refractivity contribution in [1.82, 2.24) is 14.7 Å². The van der Waals surface area contributed by atoms with Crippen LogP contribution in [0.5, 0.6) is 0 Å². The molecule has 24 heavy (non-hydrogen) atoms. The predicted molar refractivity (Wildman–Crippen MR) is 96.1 cm³/mol. The summed E-state index contributed by atoms with van der Waals surface area (Å²) in [6.07, 6.45) is 8.92. The first-order valence-corrected chi connectivity index (χ1v) is 10.1. The fourth-order valence-electron chi connectivity index (χ4n) is 4.41. The molecule has 0 radical (unpaired) electrons. The van der Waals surface area contributed by atoms with E-state index in [1.54, 1.807) is 0 Å². The number of morpholine rings is 1. The Morgan fingerprint density at radius 2 is 1.58 bits per heavy atom. The maximum Gasteiger partial charge on any atom is 0.224 e. The van der Waals surface area contributed by atoms with Crippen molar-refractivity contribution in [3.8, 4) is 0 Å². The second-order valence-electron chi connectivity index (χ2n) is 7.77. The summed E-state index contributed by atoms with van der Waals surface area (Å²) in [5.74, 6) is 1.11. The van der Waals surface area contributed by atoms with Crippen LogP contribution in [0.25, 0.3) is 0 Å². The average Bonchev–Trinajstić information content (AvgIpc) is 2.89. The lowest BCUT2D eigenvalue weighted by atomic mass is 9.97. The van der Waals surface area contributed by atoms with Crippen LogP contribution in [-0.2, 0) is 9.53 Å². The zero-order chi connectivity index (χ0) is 16.6. The third-order valence-electron chi connectivity index (χ3n) is 5.82. The van der Waals surface area contributed by atoms with E-state index in [2.05, 4.69) is 9.80 Å². The number of rotatable bonds is 5. The van der Waals surface area contributed by atoms with Gasteiger partial charge in [-0.25, -0.2) is 0 Å². The van der Waals surface area contributed by atoms with Crippen LogP contribution < -0.4 is 0 Å². The summed E-state index contributed by atoms with van der Waals surface area (Å²) in [7, 11) is 0. The van der Waals surface area contributed by atoms with Crippen LogP contribution >= 0.6 is 0 Å². The first kappa shape index (κ1) is 18.2. The van der Waals surface area contributed by atoms with E-state index in [0.29, 0.717) is 25.5 Å². The van der Waals surface area contributed by atoms with Crippen LogP contribution in [0.15, 0.2) is 0 Å². The largest absolute Gasteiger partial charge is 0.378 e. The third kappa shape index (κ3) is 5.71. The molecular formula is C19H35N3O2. The number of carbonyl (C=O) groups excluding carboxylic acids is 1. The first-order chi connectivity index (χ1) is 11.8. The highest BCUT2D eigenvalue weighted by atomic mass is 16.5. The molecule has 5 heteroatoms. The molecule has 5 nitrogen and oxygen atoms in total. The summed E-state index contributed by atoms with van der Waals surface area (Å²) < 4.78 is 5.33. The molecule has 3 saturated heterocycles. The summed E-state index contributed by atoms with van der Waals surface area (Å²) >= 11 is 0. The Kier molecular flexibility index (Phi) is 7.36. The number of hydrogen-bond donors (Lipinski definition) is 0. The SMILES string of the molecule is O=C(CCN1CCC[C@H](CN2CCCCCC2)C1)N1CCOCC1. The van der Waals surface area contributed by atoms with Crippen molar-refractivity contribution in [2.75, 3.05) is 65.6 Å². The van der Waals surface area contributed by atoms with E-state index in [0.717, 1.165) is 25.6 Å². The Morgan fingerprint density at radius 3 is 2.33 bits per heavy atom. The molecule has 0 aliphatic carbocycles. The number of amides is 1. The van der Waals surface area contributed by atoms with Gasteiger partial charge in [-0.3, -0.25) is 4.79 Å². The van der Waals surface area contributed by atoms with Crippen molar-refractivity contribution >= 4 is 5.91 Å². The lowest BCUT2D eigenvalue weighted by Gasteiger charge is -2.36. The van der Waals surface area contributed by atoms with Gasteiger partial charge in [-0.15, -0.1) is 0 Å². The summed E-state index contributed by atoms with van der Waals surface area (Å²) in [4.78, 5) is 19.5. The molecule has 1 amide bonds. The Hall–Kier alpha value is -0.650. The topological polar surface area (TPSA) is 36.0 Å². The van der Waals surface area contributed by atoms with Gasteiger partial charge in [0.2, 0.25) is 5.91 Å². The molecule has 3 heterocycles. The Bertz CT molecular complexity index is 377. The van der Waals surface area contributed by atoms with Crippen LogP contribution in [0.1, 0.15) is 44.9 Å². The molecule has 0 bridgehead atoms. The lowest BCUT2D eigenvalue weighted by molar-refractivity contribution is -0.135. The monoisotopic (exact) mass is 337 g/mol. The van der Waals surface area contributed by atoms with Gasteiger partial charge >= 0.3 is 0 Å². The van der Waals surface area contributed by atoms with E-state index in [1.807, 2.05) is 4.90 Å². The number of piperidine rings is 1. The molecule has 138 valence electrons. The van der Waals surface area contributed by atoms with E-state index in [4.69, 9.17) is 4.74 Å². The molecule has 0 aromatic rings. The van der Waals surface area contributed by atoms with Gasteiger partial charge in [-0.2, -0.15) is 0 Å². The molecule has 3 aliphatic heterocycles. The van der Waals surface area contributed by atoms with Gasteiger partial charge < -0.3 is 19.4 Å². The minimum absolute atomic E-state index is 0.313. The van der Waals surface area contributed by atoms with Crippen LogP contribution in [0.4, 0.5) is 0 Å². The van der Waals surface area contributed by atoms with Crippen LogP contribution in [-0.4, -0.2) is 86.2 Å². The van der Waals surface area contributed by atoms with Gasteiger partial charge in [0.15, 0.2) is 0 Å². The maximum atomic E-state index is 12.3. The Labute approximate surface area is 147 Å². The van der Waals surface area contributed by atoms with Crippen LogP contribution in [0.3, 0.4) is 0 Å². The fourth-order valence-corrected chi connectivity index (χ4v) is 4.41. The van der Waals surface area contributed by atoms with Gasteiger partial charge in [0.05, 0.1) is 13.2 Å². The molecule has 1 atom stereocenters. The maximum absolute atomic E-state index is 12.3. The van der Waals surface area contributed by atoms with E-state index in [1.165, 1.54) is 71.2 Å². The van der Waals surface area contributed by atoms with Crippen molar-refractivity contribution in [1.29, 1.82) is 0 Å². The van der Waals surface area contributed by atoms with E-state index >= 15 is 0 Å². The van der Waals surface area contributed by atoms with E-state index in [9.17, 15) is 4.79 Å². The zero-order valence-electron chi connectivity index (χ0n) is 15.3. The smallest absolute Gasteiger partial charge is 0.224 e. The Balaban J connectivity index is 1.37. The fraction of sp³-hybridized carbons (Fsp3) is 0.947. The van der Waals surface area contributed by atoms with Gasteiger partial charge in [0.25, 0.3) is 0 Å². The van der Waals surface area contributed by atoms with Gasteiger partial charge in [0.1, 0.15) is 0 Å². The van der Waals surface area contributed by atoms with E-state index < -0.39 is 0 Å². The number of ether oxygens (including phenoxy) is 1. The molecule has 3 rings (SSSR count). The van der Waals surface area contributed by atoms with Gasteiger partial charge in [0, 0.05) is 39.1 Å². The van der Waals surface area contributed by atoms with Gasteiger partial charge in [-0.1, -0.05) is 12.8 Å². The molecule has 3 aliphatic rings. The Morgan fingerprint density at radius 1 is 0.875 bits per heavy atom. The zero-order valence-corrected chi connectivity index (χ0v) is 15.3. The standard InChI is InChI=1S/C19H35N3O2/c23-19(22-12-14-24-15-13-22)7-11-21-10-5-6-18(17-21)16-20-8-3-1-2-4-9-20/h18H,1-17H2/t18-/m1/s1. The summed E-state index contributed by atoms with van der Waals surface area (Å²) in [6.45, 7) is 10.1. The van der Waals surface area contributed by atoms with Crippen LogP contribution in [0.2, 0.25) is 0 Å². The second-order valence-corrected chi connectivity index (χ2v) is 7.77. The minimum Gasteiger partial charge on any atom is -0.378 e. The molecule has 0 N–H and O–H groups in total. The molecule has 0 spiro atoms. The average molecular weight is 338 g/mol. The predicted octanol–water partition coefficient (Wildman–Crippen LogP) is 1.82. The van der Waals surface area contributed by atoms with Crippen molar-refractivity contribution in [2.24, 2.45) is 5.92 Å². The number of likely N-dealkylation sites (tertiary alicyclic amines) is 2. The lowest BCUT2D eigenvalue weighted by Crippen LogP contribution is -2.44. The second kappa shape index (κ2) is 9.73. The quantitative estimate of drug-likeness (QED) is 0.767. The van der Waals surface area contributed by atoms with Crippen molar-refractivity contribution in [3.05, 3.63) is 0 Å². The molecule has 0 unspecified atom stereocenters. The highest BCUT2D eigenvalue weighted by Gasteiger charge is 2.24. The van der Waals surface area contributed by atoms with Crippen molar-refractivity contribution < 1.29 is 9.53 Å². The van der Waals surface area contributed by atoms with Gasteiger partial charge in [-0.05, 0) is 51.2 Å². The van der Waals surface area contributed by atoms with Crippen LogP contribution in [0, 0.1) is 5.92 Å². The normalized spacial score (nSPS) is 27.8. The molecular weight excluding hydrogens is 302 g/mol.